The van der Waals surface area contributed by atoms with Crippen LogP contribution in [-0.2, 0) is 12.8 Å². The van der Waals surface area contributed by atoms with Gasteiger partial charge in [-0.05, 0) is 47.7 Å². The van der Waals surface area contributed by atoms with Crippen LogP contribution in [0.25, 0.3) is 0 Å². The van der Waals surface area contributed by atoms with Crippen LogP contribution in [0.3, 0.4) is 0 Å². The molecule has 2 rings (SSSR count). The first-order valence-corrected chi connectivity index (χ1v) is 6.42. The topological polar surface area (TPSA) is 0 Å². The molecule has 0 aliphatic rings. The van der Waals surface area contributed by atoms with Gasteiger partial charge in [0.25, 0.3) is 0 Å². The van der Waals surface area contributed by atoms with Gasteiger partial charge in [0, 0.05) is 0 Å². The average molecular weight is 282 g/mol. The van der Waals surface area contributed by atoms with Gasteiger partial charge in [-0.1, -0.05) is 25.5 Å². The van der Waals surface area contributed by atoms with Gasteiger partial charge in [-0.25, -0.2) is 17.6 Å². The first-order chi connectivity index (χ1) is 9.51. The maximum atomic E-state index is 13.5. The summed E-state index contributed by atoms with van der Waals surface area (Å²) in [7, 11) is 0. The van der Waals surface area contributed by atoms with Gasteiger partial charge in [0.1, 0.15) is 0 Å². The van der Waals surface area contributed by atoms with E-state index in [1.165, 1.54) is 6.07 Å². The van der Waals surface area contributed by atoms with Crippen LogP contribution in [0.2, 0.25) is 0 Å². The molecule has 0 nitrogen and oxygen atoms in total. The second-order valence-electron chi connectivity index (χ2n) is 4.73. The molecule has 0 aliphatic heterocycles. The van der Waals surface area contributed by atoms with E-state index >= 15 is 0 Å². The van der Waals surface area contributed by atoms with Gasteiger partial charge in [0.2, 0.25) is 0 Å². The van der Waals surface area contributed by atoms with Crippen molar-refractivity contribution in [2.75, 3.05) is 0 Å². The molecule has 2 aromatic rings. The van der Waals surface area contributed by atoms with E-state index in [-0.39, 0.29) is 6.42 Å². The fraction of sp³-hybridized carbons (Fsp3) is 0.250. The van der Waals surface area contributed by atoms with E-state index < -0.39 is 23.3 Å². The van der Waals surface area contributed by atoms with Crippen LogP contribution in [0.15, 0.2) is 30.3 Å². The summed E-state index contributed by atoms with van der Waals surface area (Å²) in [5.41, 5.74) is 1.36. The molecule has 0 saturated carbocycles. The predicted molar refractivity (Wildman–Crippen MR) is 69.5 cm³/mol. The first-order valence-electron chi connectivity index (χ1n) is 6.42. The normalized spacial score (nSPS) is 10.8. The molecule has 106 valence electrons. The summed E-state index contributed by atoms with van der Waals surface area (Å²) in [5, 5.41) is 0. The van der Waals surface area contributed by atoms with E-state index in [1.54, 1.807) is 6.07 Å². The molecule has 0 aliphatic carbocycles. The fourth-order valence-electron chi connectivity index (χ4n) is 2.15. The van der Waals surface area contributed by atoms with E-state index in [9.17, 15) is 17.6 Å². The smallest absolute Gasteiger partial charge is 0.162 e. The Morgan fingerprint density at radius 3 is 2.15 bits per heavy atom. The maximum absolute atomic E-state index is 13.5. The van der Waals surface area contributed by atoms with Crippen LogP contribution >= 0.6 is 0 Å². The molecule has 0 bridgehead atoms. The zero-order chi connectivity index (χ0) is 14.7. The zero-order valence-electron chi connectivity index (χ0n) is 11.0. The van der Waals surface area contributed by atoms with Crippen LogP contribution in [-0.4, -0.2) is 0 Å². The quantitative estimate of drug-likeness (QED) is 0.707. The van der Waals surface area contributed by atoms with Crippen LogP contribution in [0, 0.1) is 23.3 Å². The zero-order valence-corrected chi connectivity index (χ0v) is 11.0. The second kappa shape index (κ2) is 6.07. The molecule has 0 atom stereocenters. The van der Waals surface area contributed by atoms with E-state index in [4.69, 9.17) is 0 Å². The molecule has 0 spiro atoms. The third kappa shape index (κ3) is 3.18. The second-order valence-corrected chi connectivity index (χ2v) is 4.73. The average Bonchev–Trinajstić information content (AvgIpc) is 2.40. The Bertz CT molecular complexity index is 620. The number of hydrogen-bond donors (Lipinski definition) is 0. The lowest BCUT2D eigenvalue weighted by Gasteiger charge is -2.08. The summed E-state index contributed by atoms with van der Waals surface area (Å²) in [6.45, 7) is 1.87. The lowest BCUT2D eigenvalue weighted by atomic mass is 10.00. The summed E-state index contributed by atoms with van der Waals surface area (Å²) in [5.74, 6) is -3.61. The Morgan fingerprint density at radius 1 is 0.800 bits per heavy atom. The molecule has 0 aromatic heterocycles. The summed E-state index contributed by atoms with van der Waals surface area (Å²) in [6.07, 6.45) is 1.37. The van der Waals surface area contributed by atoms with Crippen molar-refractivity contribution < 1.29 is 17.6 Å². The highest BCUT2D eigenvalue weighted by molar-refractivity contribution is 5.31. The van der Waals surface area contributed by atoms with Crippen molar-refractivity contribution in [3.63, 3.8) is 0 Å². The molecule has 0 amide bonds. The van der Waals surface area contributed by atoms with E-state index in [0.717, 1.165) is 18.2 Å². The number of rotatable bonds is 4. The highest BCUT2D eigenvalue weighted by atomic mass is 19.2. The summed E-state index contributed by atoms with van der Waals surface area (Å²) in [4.78, 5) is 0. The molecule has 0 radical (unpaired) electrons. The predicted octanol–water partition coefficient (Wildman–Crippen LogP) is 4.79. The SMILES string of the molecule is CCCc1cc(Cc2ccc(F)c(F)c2)cc(F)c1F. The van der Waals surface area contributed by atoms with Crippen molar-refractivity contribution in [3.05, 3.63) is 70.3 Å². The lowest BCUT2D eigenvalue weighted by molar-refractivity contribution is 0.496. The molecule has 0 N–H and O–H groups in total. The minimum atomic E-state index is -0.945. The Kier molecular flexibility index (Phi) is 4.42. The lowest BCUT2D eigenvalue weighted by Crippen LogP contribution is -1.99. The molecule has 0 fully saturated rings. The molecular formula is C16H14F4. The molecule has 2 aromatic carbocycles. The maximum Gasteiger partial charge on any atom is 0.162 e. The van der Waals surface area contributed by atoms with E-state index in [1.807, 2.05) is 6.92 Å². The van der Waals surface area contributed by atoms with Crippen LogP contribution in [0.1, 0.15) is 30.0 Å². The standard InChI is InChI=1S/C16H14F4/c1-2-3-12-7-11(9-15(19)16(12)20)6-10-4-5-13(17)14(18)8-10/h4-5,7-9H,2-3,6H2,1H3. The summed E-state index contributed by atoms with van der Waals surface area (Å²) >= 11 is 0. The van der Waals surface area contributed by atoms with Gasteiger partial charge in [-0.15, -0.1) is 0 Å². The minimum absolute atomic E-state index is 0.227. The third-order valence-electron chi connectivity index (χ3n) is 3.07. The van der Waals surface area contributed by atoms with Crippen molar-refractivity contribution in [2.24, 2.45) is 0 Å². The third-order valence-corrected chi connectivity index (χ3v) is 3.07. The van der Waals surface area contributed by atoms with Crippen molar-refractivity contribution in [1.82, 2.24) is 0 Å². The van der Waals surface area contributed by atoms with Gasteiger partial charge >= 0.3 is 0 Å². The molecule has 4 heteroatoms. The number of benzene rings is 2. The summed E-state index contributed by atoms with van der Waals surface area (Å²) < 4.78 is 53.0. The van der Waals surface area contributed by atoms with Crippen LogP contribution in [0.5, 0.6) is 0 Å². The number of halogens is 4. The van der Waals surface area contributed by atoms with Crippen molar-refractivity contribution >= 4 is 0 Å². The highest BCUT2D eigenvalue weighted by Gasteiger charge is 2.11. The number of aryl methyl sites for hydroxylation is 1. The van der Waals surface area contributed by atoms with Gasteiger partial charge in [0.15, 0.2) is 23.3 Å². The number of hydrogen-bond acceptors (Lipinski definition) is 0. The molecule has 0 heterocycles. The molecule has 0 saturated heterocycles. The molecule has 0 unspecified atom stereocenters. The van der Waals surface area contributed by atoms with Gasteiger partial charge in [-0.2, -0.15) is 0 Å². The van der Waals surface area contributed by atoms with Crippen molar-refractivity contribution in [3.8, 4) is 0 Å². The van der Waals surface area contributed by atoms with Crippen molar-refractivity contribution in [2.45, 2.75) is 26.2 Å². The Labute approximate surface area is 115 Å². The monoisotopic (exact) mass is 282 g/mol. The highest BCUT2D eigenvalue weighted by Crippen LogP contribution is 2.20. The van der Waals surface area contributed by atoms with E-state index in [0.29, 0.717) is 29.5 Å². The van der Waals surface area contributed by atoms with Crippen LogP contribution < -0.4 is 0 Å². The molecular weight excluding hydrogens is 268 g/mol. The Hall–Kier alpha value is -1.84. The largest absolute Gasteiger partial charge is 0.204 e. The Morgan fingerprint density at radius 2 is 1.50 bits per heavy atom. The molecule has 20 heavy (non-hydrogen) atoms. The first kappa shape index (κ1) is 14.6. The fourth-order valence-corrected chi connectivity index (χ4v) is 2.15. The van der Waals surface area contributed by atoms with E-state index in [2.05, 4.69) is 0 Å². The van der Waals surface area contributed by atoms with Crippen LogP contribution in [0.4, 0.5) is 17.6 Å². The van der Waals surface area contributed by atoms with Gasteiger partial charge in [0.05, 0.1) is 0 Å². The minimum Gasteiger partial charge on any atom is -0.204 e. The van der Waals surface area contributed by atoms with Gasteiger partial charge < -0.3 is 0 Å². The van der Waals surface area contributed by atoms with Crippen molar-refractivity contribution in [1.29, 1.82) is 0 Å². The Balaban J connectivity index is 2.31. The van der Waals surface area contributed by atoms with Gasteiger partial charge in [-0.3, -0.25) is 0 Å². The summed E-state index contributed by atoms with van der Waals surface area (Å²) in [6, 6.07) is 6.19.